The van der Waals surface area contributed by atoms with Gasteiger partial charge >= 0.3 is 10.2 Å². The molecule has 0 amide bonds. The normalized spacial score (nSPS) is 14.2. The van der Waals surface area contributed by atoms with Crippen molar-refractivity contribution in [2.75, 3.05) is 18.4 Å². The molecule has 0 aliphatic rings. The number of nitrogens with zero attached hydrogens (tertiary/aromatic N) is 2. The smallest absolute Gasteiger partial charge is 0.319 e. The van der Waals surface area contributed by atoms with E-state index in [9.17, 15) is 21.9 Å². The van der Waals surface area contributed by atoms with Crippen LogP contribution in [0.2, 0.25) is 0 Å². The van der Waals surface area contributed by atoms with Crippen molar-refractivity contribution in [2.45, 2.75) is 51.8 Å². The first kappa shape index (κ1) is 28.8. The monoisotopic (exact) mass is 547 g/mol. The van der Waals surface area contributed by atoms with Crippen LogP contribution in [-0.4, -0.2) is 45.2 Å². The Morgan fingerprint density at radius 2 is 1.86 bits per heavy atom. The number of aryl methyl sites for hydroxylation is 1. The van der Waals surface area contributed by atoms with E-state index in [-0.39, 0.29) is 34.5 Å². The molecule has 0 aliphatic carbocycles. The maximum absolute atomic E-state index is 12.9. The highest BCUT2D eigenvalue weighted by Crippen LogP contribution is 2.40. The predicted octanol–water partition coefficient (Wildman–Crippen LogP) is 3.29. The molecule has 2 rings (SSSR count). The van der Waals surface area contributed by atoms with Gasteiger partial charge in [-0.3, -0.25) is 0 Å². The Morgan fingerprint density at radius 3 is 2.31 bits per heavy atom. The van der Waals surface area contributed by atoms with Crippen LogP contribution in [0.4, 0.5) is 5.69 Å². The first-order chi connectivity index (χ1) is 16.0. The van der Waals surface area contributed by atoms with Crippen LogP contribution in [0.15, 0.2) is 42.8 Å². The van der Waals surface area contributed by atoms with E-state index in [2.05, 4.69) is 21.6 Å². The molecule has 0 unspecified atom stereocenters. The Bertz CT molecular complexity index is 1300. The molecule has 0 aliphatic heterocycles. The fourth-order valence-electron chi connectivity index (χ4n) is 3.26. The quantitative estimate of drug-likeness (QED) is 0.260. The zero-order valence-corrected chi connectivity index (χ0v) is 23.1. The largest absolute Gasteiger partial charge is 0.504 e. The van der Waals surface area contributed by atoms with Crippen LogP contribution >= 0.6 is 11.3 Å². The van der Waals surface area contributed by atoms with E-state index in [0.717, 1.165) is 11.3 Å². The molecule has 2 heterocycles. The van der Waals surface area contributed by atoms with Gasteiger partial charge in [-0.05, 0) is 24.5 Å². The number of aromatic hydroxyl groups is 1. The van der Waals surface area contributed by atoms with Crippen LogP contribution in [0.25, 0.3) is 0 Å². The van der Waals surface area contributed by atoms with Crippen LogP contribution in [0, 0.1) is 12.3 Å². The third-order valence-electron chi connectivity index (χ3n) is 5.00. The fraction of sp³-hybridized carbons (Fsp3) is 0.476. The lowest BCUT2D eigenvalue weighted by Crippen LogP contribution is -2.36. The van der Waals surface area contributed by atoms with E-state index in [1.54, 1.807) is 32.9 Å². The van der Waals surface area contributed by atoms with Crippen molar-refractivity contribution < 1.29 is 26.4 Å². The third-order valence-corrected chi connectivity index (χ3v) is 8.98. The lowest BCUT2D eigenvalue weighted by Gasteiger charge is -2.31. The zero-order valence-electron chi connectivity index (χ0n) is 20.6. The van der Waals surface area contributed by atoms with Crippen LogP contribution < -0.4 is 15.8 Å². The zero-order chi connectivity index (χ0) is 26.8. The second kappa shape index (κ2) is 10.7. The highest BCUT2D eigenvalue weighted by atomic mass is 32.2. The van der Waals surface area contributed by atoms with E-state index < -0.39 is 37.4 Å². The van der Waals surface area contributed by atoms with Gasteiger partial charge in [-0.1, -0.05) is 41.2 Å². The molecular formula is C21H33N5O6S3. The Balaban J connectivity index is 2.45. The molecule has 0 fully saturated rings. The van der Waals surface area contributed by atoms with Crippen LogP contribution in [0.3, 0.4) is 0 Å². The molecule has 2 aromatic rings. The Hall–Kier alpha value is -2.39. The number of hydrogen-bond acceptors (Lipinski definition) is 8. The topological polar surface area (TPSA) is 167 Å². The van der Waals surface area contributed by atoms with Gasteiger partial charge in [0.25, 0.3) is 10.0 Å². The standard InChI is InChI=1S/C21H33N5O6S3/c1-8-26(9-2)34(28,29)20-17(27)15(12-33-20)24-19(25-35(22,30)31)14(4)23-18(21(5,6)7)16-11-10-13(3)32-16/h10-12,18,23,27H,4,8-9H2,1-3,5-7H3,(H,24,25)(H2,22,30,31)/t18-/m0/s1. The summed E-state index contributed by atoms with van der Waals surface area (Å²) < 4.78 is 59.5. The Morgan fingerprint density at radius 1 is 1.26 bits per heavy atom. The third kappa shape index (κ3) is 7.07. The predicted molar refractivity (Wildman–Crippen MR) is 138 cm³/mol. The van der Waals surface area contributed by atoms with E-state index in [4.69, 9.17) is 9.56 Å². The van der Waals surface area contributed by atoms with Crippen molar-refractivity contribution >= 4 is 43.1 Å². The van der Waals surface area contributed by atoms with Gasteiger partial charge in [0.15, 0.2) is 15.8 Å². The molecule has 0 saturated carbocycles. The van der Waals surface area contributed by atoms with Gasteiger partial charge in [0.1, 0.15) is 11.5 Å². The lowest BCUT2D eigenvalue weighted by molar-refractivity contribution is 0.251. The summed E-state index contributed by atoms with van der Waals surface area (Å²) in [6.07, 6.45) is 0. The van der Waals surface area contributed by atoms with Crippen molar-refractivity contribution in [1.29, 1.82) is 0 Å². The van der Waals surface area contributed by atoms with Crippen molar-refractivity contribution in [2.24, 2.45) is 15.0 Å². The highest BCUT2D eigenvalue weighted by Gasteiger charge is 2.32. The first-order valence-electron chi connectivity index (χ1n) is 10.7. The van der Waals surface area contributed by atoms with Gasteiger partial charge in [-0.25, -0.2) is 13.6 Å². The number of hydrogen-bond donors (Lipinski definition) is 4. The number of sulfonamides is 1. The minimum absolute atomic E-state index is 0.0340. The molecule has 196 valence electrons. The number of furan rings is 1. The summed E-state index contributed by atoms with van der Waals surface area (Å²) in [6.45, 7) is 15.4. The Kier molecular flexibility index (Phi) is 8.82. The number of thiophene rings is 1. The molecule has 0 bridgehead atoms. The molecular weight excluding hydrogens is 514 g/mol. The average Bonchev–Trinajstić information content (AvgIpc) is 3.30. The van der Waals surface area contributed by atoms with Gasteiger partial charge in [-0.2, -0.15) is 12.7 Å². The van der Waals surface area contributed by atoms with Crippen molar-refractivity contribution in [3.05, 3.63) is 41.3 Å². The summed E-state index contributed by atoms with van der Waals surface area (Å²) >= 11 is 0.789. The van der Waals surface area contributed by atoms with E-state index in [0.29, 0.717) is 11.5 Å². The van der Waals surface area contributed by atoms with E-state index in [1.807, 2.05) is 20.8 Å². The summed E-state index contributed by atoms with van der Waals surface area (Å²) in [5, 5.41) is 22.9. The minimum Gasteiger partial charge on any atom is -0.504 e. The lowest BCUT2D eigenvalue weighted by atomic mass is 9.85. The summed E-state index contributed by atoms with van der Waals surface area (Å²) in [6, 6.07) is 3.16. The maximum Gasteiger partial charge on any atom is 0.319 e. The SMILES string of the molecule is C=C(N[C@@H](c1ccc(C)o1)C(C)(C)C)C(=NS(N)(=O)=O)Nc1csc(S(=O)(=O)N(CC)CC)c1O. The summed E-state index contributed by atoms with van der Waals surface area (Å²) in [5.74, 6) is 0.413. The summed E-state index contributed by atoms with van der Waals surface area (Å²) in [7, 11) is -8.33. The molecule has 0 spiro atoms. The molecule has 2 aromatic heterocycles. The van der Waals surface area contributed by atoms with Crippen LogP contribution in [-0.2, 0) is 20.2 Å². The highest BCUT2D eigenvalue weighted by molar-refractivity contribution is 7.91. The van der Waals surface area contributed by atoms with Crippen LogP contribution in [0.1, 0.15) is 52.2 Å². The maximum atomic E-state index is 12.9. The van der Waals surface area contributed by atoms with E-state index in [1.165, 1.54) is 9.69 Å². The molecule has 35 heavy (non-hydrogen) atoms. The number of nitrogens with two attached hydrogens (primary N) is 1. The average molecular weight is 548 g/mol. The van der Waals surface area contributed by atoms with Crippen molar-refractivity contribution in [3.63, 3.8) is 0 Å². The van der Waals surface area contributed by atoms with Gasteiger partial charge in [0, 0.05) is 18.5 Å². The van der Waals surface area contributed by atoms with Gasteiger partial charge < -0.3 is 20.2 Å². The molecule has 11 nitrogen and oxygen atoms in total. The van der Waals surface area contributed by atoms with Gasteiger partial charge in [0.05, 0.1) is 17.4 Å². The Labute approximate surface area is 211 Å². The molecule has 0 aromatic carbocycles. The number of anilines is 1. The minimum atomic E-state index is -4.38. The molecule has 5 N–H and O–H groups in total. The number of rotatable bonds is 10. The summed E-state index contributed by atoms with van der Waals surface area (Å²) in [4.78, 5) is 0. The van der Waals surface area contributed by atoms with Gasteiger partial charge in [0.2, 0.25) is 0 Å². The first-order valence-corrected chi connectivity index (χ1v) is 14.6. The van der Waals surface area contributed by atoms with Crippen molar-refractivity contribution in [1.82, 2.24) is 9.62 Å². The molecule has 14 heteroatoms. The van der Waals surface area contributed by atoms with Gasteiger partial charge in [-0.15, -0.1) is 15.7 Å². The number of amidine groups is 1. The molecule has 0 saturated heterocycles. The second-order valence-corrected chi connectivity index (χ2v) is 13.1. The molecule has 0 radical (unpaired) electrons. The fourth-order valence-corrected chi connectivity index (χ4v) is 6.50. The summed E-state index contributed by atoms with van der Waals surface area (Å²) in [5.41, 5.74) is -0.422. The number of nitrogens with one attached hydrogen (secondary N) is 2. The van der Waals surface area contributed by atoms with Crippen LogP contribution in [0.5, 0.6) is 5.75 Å². The molecule has 1 atom stereocenters. The van der Waals surface area contributed by atoms with Crippen molar-refractivity contribution in [3.8, 4) is 5.75 Å². The van der Waals surface area contributed by atoms with E-state index >= 15 is 0 Å². The second-order valence-electron chi connectivity index (χ2n) is 8.82.